The van der Waals surface area contributed by atoms with Crippen LogP contribution in [0, 0.1) is 11.6 Å². The number of guanidine groups is 1. The Morgan fingerprint density at radius 2 is 1.87 bits per heavy atom. The van der Waals surface area contributed by atoms with Crippen molar-refractivity contribution in [3.05, 3.63) is 53.6 Å². The SMILES string of the molecule is CN=C(NCCCc1ccc(OC)c(OC)c1)NC1CCN(c2c(F)cccc2F)C1. The number of hydrogen-bond donors (Lipinski definition) is 2. The van der Waals surface area contributed by atoms with Gasteiger partial charge in [-0.05, 0) is 49.1 Å². The molecule has 1 aliphatic rings. The van der Waals surface area contributed by atoms with Gasteiger partial charge in [-0.15, -0.1) is 0 Å². The highest BCUT2D eigenvalue weighted by molar-refractivity contribution is 5.80. The molecular weight excluding hydrogens is 402 g/mol. The van der Waals surface area contributed by atoms with Crippen molar-refractivity contribution in [3.8, 4) is 11.5 Å². The summed E-state index contributed by atoms with van der Waals surface area (Å²) in [7, 11) is 4.97. The number of aryl methyl sites for hydroxylation is 1. The van der Waals surface area contributed by atoms with Crippen LogP contribution in [-0.2, 0) is 6.42 Å². The van der Waals surface area contributed by atoms with Crippen molar-refractivity contribution in [2.24, 2.45) is 4.99 Å². The molecule has 0 spiro atoms. The van der Waals surface area contributed by atoms with Gasteiger partial charge in [-0.25, -0.2) is 8.78 Å². The smallest absolute Gasteiger partial charge is 0.191 e. The van der Waals surface area contributed by atoms with Crippen molar-refractivity contribution in [1.82, 2.24) is 10.6 Å². The largest absolute Gasteiger partial charge is 0.493 e. The second-order valence-corrected chi connectivity index (χ2v) is 7.44. The van der Waals surface area contributed by atoms with Crippen molar-refractivity contribution < 1.29 is 18.3 Å². The van der Waals surface area contributed by atoms with Crippen LogP contribution in [0.15, 0.2) is 41.4 Å². The zero-order valence-electron chi connectivity index (χ0n) is 18.3. The first kappa shape index (κ1) is 22.7. The summed E-state index contributed by atoms with van der Waals surface area (Å²) in [6, 6.07) is 9.96. The van der Waals surface area contributed by atoms with Gasteiger partial charge in [0.05, 0.1) is 14.2 Å². The maximum Gasteiger partial charge on any atom is 0.191 e. The lowest BCUT2D eigenvalue weighted by molar-refractivity contribution is 0.354. The molecule has 6 nitrogen and oxygen atoms in total. The normalized spacial score (nSPS) is 16.4. The van der Waals surface area contributed by atoms with Crippen molar-refractivity contribution in [3.63, 3.8) is 0 Å². The van der Waals surface area contributed by atoms with Crippen LogP contribution in [-0.4, -0.2) is 52.9 Å². The number of anilines is 1. The van der Waals surface area contributed by atoms with Crippen LogP contribution >= 0.6 is 0 Å². The molecular formula is C23H30F2N4O2. The number of para-hydroxylation sites is 1. The van der Waals surface area contributed by atoms with Gasteiger partial charge in [0.25, 0.3) is 0 Å². The molecule has 31 heavy (non-hydrogen) atoms. The maximum absolute atomic E-state index is 14.0. The van der Waals surface area contributed by atoms with E-state index in [1.54, 1.807) is 26.2 Å². The summed E-state index contributed by atoms with van der Waals surface area (Å²) in [6.45, 7) is 1.85. The van der Waals surface area contributed by atoms with Gasteiger partial charge >= 0.3 is 0 Å². The Bertz CT molecular complexity index is 887. The van der Waals surface area contributed by atoms with Gasteiger partial charge in [-0.1, -0.05) is 12.1 Å². The first-order valence-electron chi connectivity index (χ1n) is 10.4. The summed E-state index contributed by atoms with van der Waals surface area (Å²) < 4.78 is 38.7. The fourth-order valence-electron chi connectivity index (χ4n) is 3.80. The van der Waals surface area contributed by atoms with Crippen molar-refractivity contribution in [2.45, 2.75) is 25.3 Å². The van der Waals surface area contributed by atoms with Gasteiger partial charge in [0.1, 0.15) is 17.3 Å². The molecule has 1 heterocycles. The molecule has 0 aliphatic carbocycles. The zero-order valence-corrected chi connectivity index (χ0v) is 18.3. The monoisotopic (exact) mass is 432 g/mol. The van der Waals surface area contributed by atoms with Gasteiger partial charge < -0.3 is 25.0 Å². The van der Waals surface area contributed by atoms with E-state index in [1.165, 1.54) is 23.8 Å². The number of hydrogen-bond acceptors (Lipinski definition) is 4. The molecule has 1 fully saturated rings. The van der Waals surface area contributed by atoms with Crippen LogP contribution in [0.1, 0.15) is 18.4 Å². The molecule has 1 atom stereocenters. The molecule has 2 N–H and O–H groups in total. The highest BCUT2D eigenvalue weighted by Crippen LogP contribution is 2.28. The minimum Gasteiger partial charge on any atom is -0.493 e. The molecule has 3 rings (SSSR count). The van der Waals surface area contributed by atoms with Crippen molar-refractivity contribution in [1.29, 1.82) is 0 Å². The van der Waals surface area contributed by atoms with E-state index in [-0.39, 0.29) is 11.7 Å². The fraction of sp³-hybridized carbons (Fsp3) is 0.435. The van der Waals surface area contributed by atoms with E-state index < -0.39 is 11.6 Å². The molecule has 0 amide bonds. The van der Waals surface area contributed by atoms with Crippen molar-refractivity contribution >= 4 is 11.6 Å². The number of halogens is 2. The maximum atomic E-state index is 14.0. The fourth-order valence-corrected chi connectivity index (χ4v) is 3.80. The Morgan fingerprint density at radius 3 is 2.55 bits per heavy atom. The molecule has 0 aromatic heterocycles. The molecule has 2 aromatic rings. The second kappa shape index (κ2) is 10.8. The summed E-state index contributed by atoms with van der Waals surface area (Å²) in [6.07, 6.45) is 2.57. The van der Waals surface area contributed by atoms with Crippen LogP contribution in [0.2, 0.25) is 0 Å². The Balaban J connectivity index is 1.45. The highest BCUT2D eigenvalue weighted by atomic mass is 19.1. The summed E-state index contributed by atoms with van der Waals surface area (Å²) in [4.78, 5) is 6.01. The minimum absolute atomic E-state index is 0.0460. The summed E-state index contributed by atoms with van der Waals surface area (Å²) in [5.41, 5.74) is 1.21. The minimum atomic E-state index is -0.529. The van der Waals surface area contributed by atoms with E-state index in [0.29, 0.717) is 19.0 Å². The van der Waals surface area contributed by atoms with Crippen LogP contribution in [0.25, 0.3) is 0 Å². The topological polar surface area (TPSA) is 58.1 Å². The van der Waals surface area contributed by atoms with Crippen LogP contribution in [0.4, 0.5) is 14.5 Å². The third kappa shape index (κ3) is 5.77. The Labute approximate surface area is 182 Å². The molecule has 1 aliphatic heterocycles. The summed E-state index contributed by atoms with van der Waals surface area (Å²) in [5.74, 6) is 1.07. The number of benzene rings is 2. The van der Waals surface area contributed by atoms with Gasteiger partial charge in [-0.2, -0.15) is 0 Å². The van der Waals surface area contributed by atoms with E-state index in [2.05, 4.69) is 15.6 Å². The molecule has 0 radical (unpaired) electrons. The number of nitrogens with one attached hydrogen (secondary N) is 2. The standard InChI is InChI=1S/C23H30F2N4O2/c1-26-23(27-12-5-6-16-9-10-20(30-2)21(14-16)31-3)28-17-11-13-29(15-17)22-18(24)7-4-8-19(22)25/h4,7-10,14,17H,5-6,11-13,15H2,1-3H3,(H2,26,27,28). The van der Waals surface area contributed by atoms with Gasteiger partial charge in [0.15, 0.2) is 17.5 Å². The molecule has 168 valence electrons. The summed E-state index contributed by atoms with van der Waals surface area (Å²) in [5, 5.41) is 6.66. The number of nitrogens with zero attached hydrogens (tertiary/aromatic N) is 2. The first-order valence-corrected chi connectivity index (χ1v) is 10.4. The van der Waals surface area contributed by atoms with E-state index in [9.17, 15) is 8.78 Å². The Hall–Kier alpha value is -3.03. The third-order valence-electron chi connectivity index (χ3n) is 5.39. The average Bonchev–Trinajstić information content (AvgIpc) is 3.23. The van der Waals surface area contributed by atoms with E-state index in [1.807, 2.05) is 18.2 Å². The lowest BCUT2D eigenvalue weighted by atomic mass is 10.1. The van der Waals surface area contributed by atoms with Crippen molar-refractivity contribution in [2.75, 3.05) is 45.8 Å². The molecule has 0 bridgehead atoms. The van der Waals surface area contributed by atoms with Crippen LogP contribution < -0.4 is 25.0 Å². The zero-order chi connectivity index (χ0) is 22.2. The van der Waals surface area contributed by atoms with Gasteiger partial charge in [0, 0.05) is 32.7 Å². The number of ether oxygens (including phenoxy) is 2. The molecule has 0 saturated carbocycles. The lowest BCUT2D eigenvalue weighted by Crippen LogP contribution is -2.45. The quantitative estimate of drug-likeness (QED) is 0.381. The van der Waals surface area contributed by atoms with Crippen LogP contribution in [0.5, 0.6) is 11.5 Å². The van der Waals surface area contributed by atoms with Crippen LogP contribution in [0.3, 0.4) is 0 Å². The predicted octanol–water partition coefficient (Wildman–Crippen LogP) is 3.36. The second-order valence-electron chi connectivity index (χ2n) is 7.44. The highest BCUT2D eigenvalue weighted by Gasteiger charge is 2.27. The Kier molecular flexibility index (Phi) is 7.92. The average molecular weight is 433 g/mol. The van der Waals surface area contributed by atoms with Gasteiger partial charge in [0.2, 0.25) is 0 Å². The van der Waals surface area contributed by atoms with E-state index in [0.717, 1.165) is 37.3 Å². The molecule has 8 heteroatoms. The number of methoxy groups -OCH3 is 2. The lowest BCUT2D eigenvalue weighted by Gasteiger charge is -2.21. The number of rotatable bonds is 8. The summed E-state index contributed by atoms with van der Waals surface area (Å²) >= 11 is 0. The predicted molar refractivity (Wildman–Crippen MR) is 119 cm³/mol. The molecule has 1 saturated heterocycles. The Morgan fingerprint density at radius 1 is 1.13 bits per heavy atom. The van der Waals surface area contributed by atoms with Gasteiger partial charge in [-0.3, -0.25) is 4.99 Å². The van der Waals surface area contributed by atoms with E-state index in [4.69, 9.17) is 9.47 Å². The molecule has 1 unspecified atom stereocenters. The third-order valence-corrected chi connectivity index (χ3v) is 5.39. The first-order chi connectivity index (χ1) is 15.0. The van der Waals surface area contributed by atoms with E-state index >= 15 is 0 Å². The molecule has 2 aromatic carbocycles. The number of aliphatic imine (C=N–C) groups is 1.